The molecular formula is C18H31N3. The van der Waals surface area contributed by atoms with Gasteiger partial charge >= 0.3 is 0 Å². The minimum absolute atomic E-state index is 0.569. The number of hydrogen-bond acceptors (Lipinski definition) is 3. The predicted octanol–water partition coefficient (Wildman–Crippen LogP) is 4.11. The van der Waals surface area contributed by atoms with Crippen molar-refractivity contribution in [2.75, 3.05) is 31.1 Å². The summed E-state index contributed by atoms with van der Waals surface area (Å²) < 4.78 is 0. The van der Waals surface area contributed by atoms with Crippen LogP contribution in [0.3, 0.4) is 0 Å². The summed E-state index contributed by atoms with van der Waals surface area (Å²) >= 11 is 0. The van der Waals surface area contributed by atoms with Crippen molar-refractivity contribution < 1.29 is 0 Å². The maximum absolute atomic E-state index is 4.71. The SMILES string of the molecule is CCN(CC)c1ccc(C2CCCCN2CC(C)C)cn1. The van der Waals surface area contributed by atoms with E-state index in [1.54, 1.807) is 0 Å². The second-order valence-electron chi connectivity index (χ2n) is 6.52. The molecule has 1 aliphatic rings. The standard InChI is InChI=1S/C18H31N3/c1-5-20(6-2)18-11-10-16(13-19-18)17-9-7-8-12-21(17)14-15(3)4/h10-11,13,15,17H,5-9,12,14H2,1-4H3. The van der Waals surface area contributed by atoms with Gasteiger partial charge in [-0.25, -0.2) is 4.98 Å². The monoisotopic (exact) mass is 289 g/mol. The van der Waals surface area contributed by atoms with Crippen LogP contribution in [0.5, 0.6) is 0 Å². The largest absolute Gasteiger partial charge is 0.357 e. The molecule has 1 fully saturated rings. The lowest BCUT2D eigenvalue weighted by Crippen LogP contribution is -2.36. The maximum atomic E-state index is 4.71. The zero-order chi connectivity index (χ0) is 15.2. The van der Waals surface area contributed by atoms with Crippen LogP contribution in [0.4, 0.5) is 5.82 Å². The van der Waals surface area contributed by atoms with Crippen LogP contribution >= 0.6 is 0 Å². The van der Waals surface area contributed by atoms with Crippen molar-refractivity contribution in [1.29, 1.82) is 0 Å². The van der Waals surface area contributed by atoms with Crippen LogP contribution in [0.1, 0.15) is 58.6 Å². The maximum Gasteiger partial charge on any atom is 0.128 e. The van der Waals surface area contributed by atoms with Gasteiger partial charge in [0.2, 0.25) is 0 Å². The third kappa shape index (κ3) is 4.19. The van der Waals surface area contributed by atoms with Gasteiger partial charge in [-0.1, -0.05) is 26.3 Å². The highest BCUT2D eigenvalue weighted by Crippen LogP contribution is 2.31. The van der Waals surface area contributed by atoms with Gasteiger partial charge in [-0.2, -0.15) is 0 Å². The highest BCUT2D eigenvalue weighted by molar-refractivity contribution is 5.39. The minimum atomic E-state index is 0.569. The van der Waals surface area contributed by atoms with E-state index >= 15 is 0 Å². The number of hydrogen-bond donors (Lipinski definition) is 0. The first-order valence-corrected chi connectivity index (χ1v) is 8.60. The molecule has 21 heavy (non-hydrogen) atoms. The van der Waals surface area contributed by atoms with Crippen molar-refractivity contribution in [2.24, 2.45) is 5.92 Å². The topological polar surface area (TPSA) is 19.4 Å². The van der Waals surface area contributed by atoms with E-state index in [-0.39, 0.29) is 0 Å². The highest BCUT2D eigenvalue weighted by atomic mass is 15.2. The fourth-order valence-corrected chi connectivity index (χ4v) is 3.39. The average molecular weight is 289 g/mol. The second-order valence-corrected chi connectivity index (χ2v) is 6.52. The lowest BCUT2D eigenvalue weighted by molar-refractivity contribution is 0.132. The van der Waals surface area contributed by atoms with Crippen LogP contribution in [-0.2, 0) is 0 Å². The second kappa shape index (κ2) is 7.79. The molecule has 3 heteroatoms. The molecule has 1 unspecified atom stereocenters. The third-order valence-corrected chi connectivity index (χ3v) is 4.46. The van der Waals surface area contributed by atoms with E-state index in [1.165, 1.54) is 37.9 Å². The molecule has 1 aromatic heterocycles. The molecule has 0 saturated carbocycles. The van der Waals surface area contributed by atoms with Gasteiger partial charge in [-0.05, 0) is 50.8 Å². The zero-order valence-electron chi connectivity index (χ0n) is 14.2. The van der Waals surface area contributed by atoms with Crippen LogP contribution in [0.25, 0.3) is 0 Å². The fourth-order valence-electron chi connectivity index (χ4n) is 3.39. The Kier molecular flexibility index (Phi) is 6.04. The Morgan fingerprint density at radius 2 is 2.00 bits per heavy atom. The molecule has 0 bridgehead atoms. The predicted molar refractivity (Wildman–Crippen MR) is 90.8 cm³/mol. The molecule has 0 radical (unpaired) electrons. The highest BCUT2D eigenvalue weighted by Gasteiger charge is 2.24. The molecule has 1 saturated heterocycles. The summed E-state index contributed by atoms with van der Waals surface area (Å²) in [6, 6.07) is 5.06. The van der Waals surface area contributed by atoms with Crippen molar-refractivity contribution in [3.8, 4) is 0 Å². The van der Waals surface area contributed by atoms with E-state index in [4.69, 9.17) is 4.98 Å². The number of pyridine rings is 1. The first kappa shape index (κ1) is 16.3. The molecule has 0 aromatic carbocycles. The van der Waals surface area contributed by atoms with Gasteiger partial charge in [0.25, 0.3) is 0 Å². The quantitative estimate of drug-likeness (QED) is 0.785. The first-order chi connectivity index (χ1) is 10.2. The van der Waals surface area contributed by atoms with E-state index in [0.29, 0.717) is 6.04 Å². The molecule has 0 aliphatic carbocycles. The van der Waals surface area contributed by atoms with E-state index in [9.17, 15) is 0 Å². The van der Waals surface area contributed by atoms with E-state index in [1.807, 2.05) is 0 Å². The Hall–Kier alpha value is -1.09. The van der Waals surface area contributed by atoms with E-state index in [0.717, 1.165) is 24.8 Å². The van der Waals surface area contributed by atoms with Crippen LogP contribution in [0.15, 0.2) is 18.3 Å². The fraction of sp³-hybridized carbons (Fsp3) is 0.722. The number of rotatable bonds is 6. The molecule has 3 nitrogen and oxygen atoms in total. The van der Waals surface area contributed by atoms with Crippen molar-refractivity contribution in [1.82, 2.24) is 9.88 Å². The Bertz CT molecular complexity index is 409. The smallest absolute Gasteiger partial charge is 0.128 e. The summed E-state index contributed by atoms with van der Waals surface area (Å²) in [5.74, 6) is 1.84. The van der Waals surface area contributed by atoms with Crippen molar-refractivity contribution in [3.05, 3.63) is 23.9 Å². The summed E-state index contributed by atoms with van der Waals surface area (Å²) in [5, 5.41) is 0. The molecular weight excluding hydrogens is 258 g/mol. The number of nitrogens with zero attached hydrogens (tertiary/aromatic N) is 3. The van der Waals surface area contributed by atoms with Gasteiger partial charge in [0.15, 0.2) is 0 Å². The third-order valence-electron chi connectivity index (χ3n) is 4.46. The summed E-state index contributed by atoms with van der Waals surface area (Å²) in [4.78, 5) is 9.67. The first-order valence-electron chi connectivity index (χ1n) is 8.60. The molecule has 2 heterocycles. The lowest BCUT2D eigenvalue weighted by atomic mass is 9.95. The normalized spacial score (nSPS) is 20.0. The van der Waals surface area contributed by atoms with Gasteiger partial charge in [0.05, 0.1) is 0 Å². The number of aromatic nitrogens is 1. The molecule has 1 atom stereocenters. The van der Waals surface area contributed by atoms with Gasteiger partial charge in [0, 0.05) is 31.9 Å². The molecule has 0 N–H and O–H groups in total. The molecule has 0 amide bonds. The van der Waals surface area contributed by atoms with Crippen molar-refractivity contribution in [3.63, 3.8) is 0 Å². The molecule has 1 aromatic rings. The Morgan fingerprint density at radius 1 is 1.24 bits per heavy atom. The molecule has 118 valence electrons. The van der Waals surface area contributed by atoms with Crippen molar-refractivity contribution in [2.45, 2.75) is 53.0 Å². The lowest BCUT2D eigenvalue weighted by Gasteiger charge is -2.37. The van der Waals surface area contributed by atoms with Crippen molar-refractivity contribution >= 4 is 5.82 Å². The minimum Gasteiger partial charge on any atom is -0.357 e. The van der Waals surface area contributed by atoms with Gasteiger partial charge in [0.1, 0.15) is 5.82 Å². The zero-order valence-corrected chi connectivity index (χ0v) is 14.2. The molecule has 1 aliphatic heterocycles. The van der Waals surface area contributed by atoms with Crippen LogP contribution < -0.4 is 4.90 Å². The number of piperidine rings is 1. The van der Waals surface area contributed by atoms with Crippen LogP contribution in [0, 0.1) is 5.92 Å². The summed E-state index contributed by atoms with van der Waals surface area (Å²) in [6.45, 7) is 13.5. The summed E-state index contributed by atoms with van der Waals surface area (Å²) in [6.07, 6.45) is 6.07. The number of anilines is 1. The van der Waals surface area contributed by atoms with E-state index < -0.39 is 0 Å². The van der Waals surface area contributed by atoms with Crippen LogP contribution in [0.2, 0.25) is 0 Å². The molecule has 2 rings (SSSR count). The van der Waals surface area contributed by atoms with Crippen LogP contribution in [-0.4, -0.2) is 36.1 Å². The molecule has 0 spiro atoms. The Labute approximate surface area is 130 Å². The Morgan fingerprint density at radius 3 is 2.57 bits per heavy atom. The summed E-state index contributed by atoms with van der Waals surface area (Å²) in [5.41, 5.74) is 1.39. The average Bonchev–Trinajstić information content (AvgIpc) is 2.49. The Balaban J connectivity index is 2.11. The van der Waals surface area contributed by atoms with E-state index in [2.05, 4.69) is 55.8 Å². The summed E-state index contributed by atoms with van der Waals surface area (Å²) in [7, 11) is 0. The van der Waals surface area contributed by atoms with Gasteiger partial charge in [-0.15, -0.1) is 0 Å². The number of likely N-dealkylation sites (tertiary alicyclic amines) is 1. The van der Waals surface area contributed by atoms with Gasteiger partial charge < -0.3 is 4.90 Å². The van der Waals surface area contributed by atoms with Gasteiger partial charge in [-0.3, -0.25) is 4.90 Å².